The molecule has 1 aromatic carbocycles. The molecule has 0 aliphatic carbocycles. The maximum atomic E-state index is 12.3. The molecule has 0 bridgehead atoms. The minimum atomic E-state index is -0.463. The Bertz CT molecular complexity index is 1090. The highest BCUT2D eigenvalue weighted by Crippen LogP contribution is 2.31. The molecular weight excluding hydrogens is 390 g/mol. The van der Waals surface area contributed by atoms with Crippen LogP contribution >= 0.6 is 22.9 Å². The van der Waals surface area contributed by atoms with Gasteiger partial charge in [0, 0.05) is 29.3 Å². The lowest BCUT2D eigenvalue weighted by Gasteiger charge is -2.09. The number of halogens is 1. The standard InChI is InChI=1S/C19H16ClNO5S/c1-10-5-19(24)26-16-7-17(14(20)6-13(10)16)25-9-15(23)18-4-3-12(27-18)8-21-11(2)22/h3-7H,8-9H2,1-2H3,(H,21,22). The molecule has 0 saturated heterocycles. The van der Waals surface area contributed by atoms with Crippen LogP contribution in [0.1, 0.15) is 27.0 Å². The van der Waals surface area contributed by atoms with Gasteiger partial charge in [-0.25, -0.2) is 4.79 Å². The molecule has 0 unspecified atom stereocenters. The average Bonchev–Trinajstić information content (AvgIpc) is 3.08. The summed E-state index contributed by atoms with van der Waals surface area (Å²) in [6.45, 7) is 3.39. The summed E-state index contributed by atoms with van der Waals surface area (Å²) < 4.78 is 10.7. The number of carbonyl (C=O) groups is 2. The number of amides is 1. The largest absolute Gasteiger partial charge is 0.484 e. The van der Waals surface area contributed by atoms with Gasteiger partial charge in [0.15, 0.2) is 6.61 Å². The Kier molecular flexibility index (Phi) is 5.62. The first kappa shape index (κ1) is 19.1. The van der Waals surface area contributed by atoms with E-state index in [1.54, 1.807) is 25.1 Å². The third-order valence-electron chi connectivity index (χ3n) is 3.81. The van der Waals surface area contributed by atoms with Crippen molar-refractivity contribution in [1.82, 2.24) is 5.32 Å². The fraction of sp³-hybridized carbons (Fsp3) is 0.211. The number of hydrogen-bond acceptors (Lipinski definition) is 6. The first-order valence-corrected chi connectivity index (χ1v) is 9.26. The molecule has 3 aromatic rings. The number of carbonyl (C=O) groups excluding carboxylic acids is 2. The van der Waals surface area contributed by atoms with Gasteiger partial charge in [-0.2, -0.15) is 0 Å². The van der Waals surface area contributed by atoms with Gasteiger partial charge in [-0.1, -0.05) is 11.6 Å². The fourth-order valence-corrected chi connectivity index (χ4v) is 3.57. The molecule has 3 rings (SSSR count). The number of hydrogen-bond donors (Lipinski definition) is 1. The Morgan fingerprint density at radius 3 is 2.78 bits per heavy atom. The van der Waals surface area contributed by atoms with Crippen LogP contribution in [0.15, 0.2) is 39.5 Å². The Hall–Kier alpha value is -2.64. The van der Waals surface area contributed by atoms with Crippen molar-refractivity contribution in [2.75, 3.05) is 6.61 Å². The SMILES string of the molecule is CC(=O)NCc1ccc(C(=O)COc2cc3oc(=O)cc(C)c3cc2Cl)s1. The maximum absolute atomic E-state index is 12.3. The van der Waals surface area contributed by atoms with Crippen molar-refractivity contribution in [3.8, 4) is 5.75 Å². The van der Waals surface area contributed by atoms with Crippen molar-refractivity contribution in [3.63, 3.8) is 0 Å². The van der Waals surface area contributed by atoms with Gasteiger partial charge < -0.3 is 14.5 Å². The molecule has 2 heterocycles. The van der Waals surface area contributed by atoms with E-state index in [9.17, 15) is 14.4 Å². The van der Waals surface area contributed by atoms with E-state index in [-0.39, 0.29) is 24.0 Å². The van der Waals surface area contributed by atoms with Gasteiger partial charge in [0.2, 0.25) is 11.7 Å². The van der Waals surface area contributed by atoms with Crippen molar-refractivity contribution in [3.05, 3.63) is 61.1 Å². The molecule has 140 valence electrons. The van der Waals surface area contributed by atoms with E-state index in [1.807, 2.05) is 0 Å². The predicted octanol–water partition coefficient (Wildman–Crippen LogP) is 3.71. The molecule has 0 aliphatic rings. The maximum Gasteiger partial charge on any atom is 0.336 e. The van der Waals surface area contributed by atoms with Crippen LogP contribution in [0.4, 0.5) is 0 Å². The lowest BCUT2D eigenvalue weighted by molar-refractivity contribution is -0.119. The van der Waals surface area contributed by atoms with Crippen molar-refractivity contribution < 1.29 is 18.7 Å². The molecular formula is C19H16ClNO5S. The molecule has 6 nitrogen and oxygen atoms in total. The van der Waals surface area contributed by atoms with Crippen molar-refractivity contribution in [1.29, 1.82) is 0 Å². The number of Topliss-reactive ketones (excluding diaryl/α,β-unsaturated/α-hetero) is 1. The van der Waals surface area contributed by atoms with E-state index in [2.05, 4.69) is 5.32 Å². The Morgan fingerprint density at radius 2 is 2.04 bits per heavy atom. The van der Waals surface area contributed by atoms with E-state index in [0.717, 1.165) is 10.4 Å². The zero-order valence-electron chi connectivity index (χ0n) is 14.6. The zero-order valence-corrected chi connectivity index (χ0v) is 16.2. The zero-order chi connectivity index (χ0) is 19.6. The summed E-state index contributed by atoms with van der Waals surface area (Å²) in [4.78, 5) is 36.2. The van der Waals surface area contributed by atoms with E-state index in [4.69, 9.17) is 20.8 Å². The molecule has 8 heteroatoms. The predicted molar refractivity (Wildman–Crippen MR) is 104 cm³/mol. The number of thiophene rings is 1. The lowest BCUT2D eigenvalue weighted by atomic mass is 10.1. The number of aryl methyl sites for hydroxylation is 1. The van der Waals surface area contributed by atoms with Crippen LogP contribution in [0.2, 0.25) is 5.02 Å². The highest BCUT2D eigenvalue weighted by molar-refractivity contribution is 7.14. The van der Waals surface area contributed by atoms with Crippen LogP contribution in [0.5, 0.6) is 5.75 Å². The number of ether oxygens (including phenoxy) is 1. The molecule has 1 amide bonds. The molecule has 0 radical (unpaired) electrons. The molecule has 0 saturated carbocycles. The first-order valence-electron chi connectivity index (χ1n) is 8.06. The highest BCUT2D eigenvalue weighted by Gasteiger charge is 2.14. The summed E-state index contributed by atoms with van der Waals surface area (Å²) in [5.41, 5.74) is 0.631. The van der Waals surface area contributed by atoms with Crippen LogP contribution in [-0.4, -0.2) is 18.3 Å². The van der Waals surface area contributed by atoms with Gasteiger partial charge in [-0.05, 0) is 30.7 Å². The first-order chi connectivity index (χ1) is 12.8. The van der Waals surface area contributed by atoms with Crippen LogP contribution in [0.25, 0.3) is 11.0 Å². The number of fused-ring (bicyclic) bond motifs is 1. The molecule has 27 heavy (non-hydrogen) atoms. The Morgan fingerprint density at radius 1 is 1.26 bits per heavy atom. The molecule has 0 fully saturated rings. The van der Waals surface area contributed by atoms with E-state index < -0.39 is 5.63 Å². The van der Waals surface area contributed by atoms with Gasteiger partial charge >= 0.3 is 5.63 Å². The second-order valence-corrected chi connectivity index (χ2v) is 7.49. The average molecular weight is 406 g/mol. The summed E-state index contributed by atoms with van der Waals surface area (Å²) >= 11 is 7.52. The van der Waals surface area contributed by atoms with Crippen LogP contribution in [0, 0.1) is 6.92 Å². The van der Waals surface area contributed by atoms with Crippen molar-refractivity contribution in [2.24, 2.45) is 0 Å². The van der Waals surface area contributed by atoms with Crippen LogP contribution < -0.4 is 15.7 Å². The molecule has 0 atom stereocenters. The molecule has 2 aromatic heterocycles. The smallest absolute Gasteiger partial charge is 0.336 e. The lowest BCUT2D eigenvalue weighted by Crippen LogP contribution is -2.18. The third-order valence-corrected chi connectivity index (χ3v) is 5.23. The van der Waals surface area contributed by atoms with E-state index in [1.165, 1.54) is 30.4 Å². The number of benzene rings is 1. The van der Waals surface area contributed by atoms with Gasteiger partial charge in [0.1, 0.15) is 11.3 Å². The van der Waals surface area contributed by atoms with Gasteiger partial charge in [0.05, 0.1) is 16.4 Å². The highest BCUT2D eigenvalue weighted by atomic mass is 35.5. The minimum absolute atomic E-state index is 0.132. The summed E-state index contributed by atoms with van der Waals surface area (Å²) in [7, 11) is 0. The number of ketones is 1. The summed E-state index contributed by atoms with van der Waals surface area (Å²) in [5.74, 6) is -0.0790. The topological polar surface area (TPSA) is 85.6 Å². The van der Waals surface area contributed by atoms with Gasteiger partial charge in [-0.15, -0.1) is 11.3 Å². The van der Waals surface area contributed by atoms with E-state index in [0.29, 0.717) is 27.4 Å². The molecule has 0 spiro atoms. The van der Waals surface area contributed by atoms with Crippen LogP contribution in [0.3, 0.4) is 0 Å². The normalized spacial score (nSPS) is 10.8. The second-order valence-electron chi connectivity index (χ2n) is 5.91. The number of nitrogens with one attached hydrogen (secondary N) is 1. The molecule has 0 aliphatic heterocycles. The quantitative estimate of drug-likeness (QED) is 0.499. The van der Waals surface area contributed by atoms with Crippen LogP contribution in [-0.2, 0) is 11.3 Å². The Balaban J connectivity index is 1.72. The van der Waals surface area contributed by atoms with Crippen molar-refractivity contribution >= 4 is 45.6 Å². The summed E-state index contributed by atoms with van der Waals surface area (Å²) in [6.07, 6.45) is 0. The van der Waals surface area contributed by atoms with Gasteiger partial charge in [-0.3, -0.25) is 9.59 Å². The summed E-state index contributed by atoms with van der Waals surface area (Å²) in [5, 5.41) is 3.71. The number of rotatable bonds is 6. The Labute approximate surface area is 163 Å². The monoisotopic (exact) mass is 405 g/mol. The van der Waals surface area contributed by atoms with E-state index >= 15 is 0 Å². The van der Waals surface area contributed by atoms with Gasteiger partial charge in [0.25, 0.3) is 0 Å². The minimum Gasteiger partial charge on any atom is -0.484 e. The summed E-state index contributed by atoms with van der Waals surface area (Å²) in [6, 6.07) is 8.02. The fourth-order valence-electron chi connectivity index (χ4n) is 2.48. The second kappa shape index (κ2) is 7.94. The van der Waals surface area contributed by atoms with Crippen molar-refractivity contribution in [2.45, 2.75) is 20.4 Å². The molecule has 1 N–H and O–H groups in total. The third kappa shape index (κ3) is 4.56.